The second kappa shape index (κ2) is 9.46. The van der Waals surface area contributed by atoms with Crippen LogP contribution < -0.4 is 14.8 Å². The summed E-state index contributed by atoms with van der Waals surface area (Å²) < 4.78 is 10.5. The smallest absolute Gasteiger partial charge is 0.305 e. The quantitative estimate of drug-likeness (QED) is 0.738. The Labute approximate surface area is 154 Å². The van der Waals surface area contributed by atoms with Crippen LogP contribution in [0.4, 0.5) is 0 Å². The fourth-order valence-electron chi connectivity index (χ4n) is 3.76. The highest BCUT2D eigenvalue weighted by Gasteiger charge is 2.24. The number of rotatable bonds is 8. The van der Waals surface area contributed by atoms with Gasteiger partial charge in [0.05, 0.1) is 26.7 Å². The van der Waals surface area contributed by atoms with Gasteiger partial charge < -0.3 is 19.9 Å². The first-order valence-electron chi connectivity index (χ1n) is 9.16. The SMILES string of the molecule is COc1ccc(C(CC(=O)O)NC(=O)CC2CCCC(C)C2)cc1OC. The van der Waals surface area contributed by atoms with Crippen molar-refractivity contribution < 1.29 is 24.2 Å². The van der Waals surface area contributed by atoms with Crippen molar-refractivity contribution in [2.75, 3.05) is 14.2 Å². The van der Waals surface area contributed by atoms with Crippen molar-refractivity contribution in [3.8, 4) is 11.5 Å². The fourth-order valence-corrected chi connectivity index (χ4v) is 3.76. The zero-order chi connectivity index (χ0) is 19.1. The van der Waals surface area contributed by atoms with Crippen molar-refractivity contribution >= 4 is 11.9 Å². The lowest BCUT2D eigenvalue weighted by Crippen LogP contribution is -2.32. The molecule has 2 rings (SSSR count). The van der Waals surface area contributed by atoms with Crippen LogP contribution in [0.3, 0.4) is 0 Å². The molecule has 0 aromatic heterocycles. The molecular weight excluding hydrogens is 334 g/mol. The van der Waals surface area contributed by atoms with Crippen molar-refractivity contribution in [2.45, 2.75) is 51.5 Å². The number of hydrogen-bond donors (Lipinski definition) is 2. The molecule has 0 heterocycles. The first kappa shape index (κ1) is 20.1. The standard InChI is InChI=1S/C20H29NO5/c1-13-5-4-6-14(9-13)10-19(22)21-16(12-20(23)24)15-7-8-17(25-2)18(11-15)26-3/h7-8,11,13-14,16H,4-6,9-10,12H2,1-3H3,(H,21,22)(H,23,24). The molecule has 6 nitrogen and oxygen atoms in total. The van der Waals surface area contributed by atoms with Gasteiger partial charge in [-0.05, 0) is 42.4 Å². The van der Waals surface area contributed by atoms with Gasteiger partial charge in [-0.3, -0.25) is 9.59 Å². The van der Waals surface area contributed by atoms with Crippen LogP contribution in [-0.2, 0) is 9.59 Å². The topological polar surface area (TPSA) is 84.9 Å². The van der Waals surface area contributed by atoms with Crippen molar-refractivity contribution in [2.24, 2.45) is 11.8 Å². The highest BCUT2D eigenvalue weighted by molar-refractivity contribution is 5.78. The van der Waals surface area contributed by atoms with Crippen molar-refractivity contribution in [3.05, 3.63) is 23.8 Å². The molecule has 1 saturated carbocycles. The summed E-state index contributed by atoms with van der Waals surface area (Å²) in [5, 5.41) is 12.1. The minimum absolute atomic E-state index is 0.0925. The van der Waals surface area contributed by atoms with Gasteiger partial charge in [0.2, 0.25) is 5.91 Å². The number of carboxylic acid groups (broad SMARTS) is 1. The van der Waals surface area contributed by atoms with E-state index in [0.717, 1.165) is 19.3 Å². The van der Waals surface area contributed by atoms with E-state index in [9.17, 15) is 14.7 Å². The molecule has 1 aliphatic carbocycles. The van der Waals surface area contributed by atoms with E-state index in [2.05, 4.69) is 12.2 Å². The Morgan fingerprint density at radius 1 is 1.23 bits per heavy atom. The van der Waals surface area contributed by atoms with Crippen LogP contribution in [0, 0.1) is 11.8 Å². The lowest BCUT2D eigenvalue weighted by molar-refractivity contribution is -0.137. The molecule has 1 aliphatic rings. The molecule has 144 valence electrons. The van der Waals surface area contributed by atoms with Gasteiger partial charge in [0.25, 0.3) is 0 Å². The van der Waals surface area contributed by atoms with Crippen LogP contribution in [0.25, 0.3) is 0 Å². The summed E-state index contributed by atoms with van der Waals surface area (Å²) in [5.41, 5.74) is 0.690. The van der Waals surface area contributed by atoms with Crippen LogP contribution in [-0.4, -0.2) is 31.2 Å². The van der Waals surface area contributed by atoms with E-state index in [0.29, 0.717) is 35.3 Å². The van der Waals surface area contributed by atoms with Gasteiger partial charge in [-0.15, -0.1) is 0 Å². The average Bonchev–Trinajstić information content (AvgIpc) is 2.60. The van der Waals surface area contributed by atoms with Gasteiger partial charge in [-0.25, -0.2) is 0 Å². The van der Waals surface area contributed by atoms with Gasteiger partial charge >= 0.3 is 5.97 Å². The van der Waals surface area contributed by atoms with Crippen molar-refractivity contribution in [3.63, 3.8) is 0 Å². The number of benzene rings is 1. The Hall–Kier alpha value is -2.24. The summed E-state index contributed by atoms with van der Waals surface area (Å²) in [5.74, 6) is 1.06. The van der Waals surface area contributed by atoms with Crippen molar-refractivity contribution in [1.82, 2.24) is 5.32 Å². The maximum absolute atomic E-state index is 12.5. The van der Waals surface area contributed by atoms with E-state index >= 15 is 0 Å². The minimum atomic E-state index is -0.962. The van der Waals surface area contributed by atoms with Crippen molar-refractivity contribution in [1.29, 1.82) is 0 Å². The summed E-state index contributed by atoms with van der Waals surface area (Å²) in [4.78, 5) is 23.8. The highest BCUT2D eigenvalue weighted by atomic mass is 16.5. The Morgan fingerprint density at radius 3 is 2.58 bits per heavy atom. The number of carboxylic acids is 1. The molecule has 1 aromatic carbocycles. The second-order valence-corrected chi connectivity index (χ2v) is 7.17. The fraction of sp³-hybridized carbons (Fsp3) is 0.600. The molecule has 3 atom stereocenters. The van der Waals surface area contributed by atoms with Gasteiger partial charge in [0.1, 0.15) is 0 Å². The third-order valence-corrected chi connectivity index (χ3v) is 5.04. The normalized spacial score (nSPS) is 20.9. The number of amides is 1. The number of methoxy groups -OCH3 is 2. The molecule has 6 heteroatoms. The average molecular weight is 363 g/mol. The molecule has 1 aromatic rings. The summed E-state index contributed by atoms with van der Waals surface area (Å²) in [6.45, 7) is 2.22. The lowest BCUT2D eigenvalue weighted by Gasteiger charge is -2.27. The number of nitrogens with one attached hydrogen (secondary N) is 1. The van der Waals surface area contributed by atoms with E-state index in [-0.39, 0.29) is 12.3 Å². The summed E-state index contributed by atoms with van der Waals surface area (Å²) in [6.07, 6.45) is 4.79. The predicted molar refractivity (Wildman–Crippen MR) is 98.4 cm³/mol. The maximum Gasteiger partial charge on any atom is 0.305 e. The number of aliphatic carboxylic acids is 1. The highest BCUT2D eigenvalue weighted by Crippen LogP contribution is 2.32. The molecule has 0 spiro atoms. The maximum atomic E-state index is 12.5. The van der Waals surface area contributed by atoms with Crippen LogP contribution in [0.15, 0.2) is 18.2 Å². The van der Waals surface area contributed by atoms with Crippen LogP contribution in [0.5, 0.6) is 11.5 Å². The molecule has 0 radical (unpaired) electrons. The third kappa shape index (κ3) is 5.64. The Balaban J connectivity index is 2.09. The molecule has 1 fully saturated rings. The Morgan fingerprint density at radius 2 is 1.96 bits per heavy atom. The molecular formula is C20H29NO5. The predicted octanol–water partition coefficient (Wildman–Crippen LogP) is 3.55. The molecule has 2 N–H and O–H groups in total. The van der Waals surface area contributed by atoms with E-state index in [4.69, 9.17) is 9.47 Å². The zero-order valence-electron chi connectivity index (χ0n) is 15.8. The van der Waals surface area contributed by atoms with E-state index in [1.54, 1.807) is 25.3 Å². The zero-order valence-corrected chi connectivity index (χ0v) is 15.8. The Kier molecular flexibility index (Phi) is 7.30. The van der Waals surface area contributed by atoms with Crippen LogP contribution >= 0.6 is 0 Å². The largest absolute Gasteiger partial charge is 0.493 e. The molecule has 3 unspecified atom stereocenters. The molecule has 1 amide bonds. The first-order chi connectivity index (χ1) is 12.4. The van der Waals surface area contributed by atoms with E-state index < -0.39 is 12.0 Å². The third-order valence-electron chi connectivity index (χ3n) is 5.04. The molecule has 0 saturated heterocycles. The van der Waals surface area contributed by atoms with Crippen LogP contribution in [0.1, 0.15) is 57.1 Å². The number of ether oxygens (including phenoxy) is 2. The number of carbonyl (C=O) groups is 2. The number of hydrogen-bond acceptors (Lipinski definition) is 4. The van der Waals surface area contributed by atoms with E-state index in [1.807, 2.05) is 0 Å². The lowest BCUT2D eigenvalue weighted by atomic mass is 9.80. The summed E-state index contributed by atoms with van der Waals surface area (Å²) in [6, 6.07) is 4.60. The van der Waals surface area contributed by atoms with Gasteiger partial charge in [0.15, 0.2) is 11.5 Å². The summed E-state index contributed by atoms with van der Waals surface area (Å²) >= 11 is 0. The van der Waals surface area contributed by atoms with Gasteiger partial charge in [-0.2, -0.15) is 0 Å². The number of carbonyl (C=O) groups excluding carboxylic acids is 1. The Bertz CT molecular complexity index is 631. The molecule has 0 bridgehead atoms. The van der Waals surface area contributed by atoms with Crippen LogP contribution in [0.2, 0.25) is 0 Å². The van der Waals surface area contributed by atoms with E-state index in [1.165, 1.54) is 13.5 Å². The first-order valence-corrected chi connectivity index (χ1v) is 9.16. The monoisotopic (exact) mass is 363 g/mol. The summed E-state index contributed by atoms with van der Waals surface area (Å²) in [7, 11) is 3.07. The molecule has 0 aliphatic heterocycles. The van der Waals surface area contributed by atoms with Gasteiger partial charge in [0, 0.05) is 6.42 Å². The second-order valence-electron chi connectivity index (χ2n) is 7.17. The minimum Gasteiger partial charge on any atom is -0.493 e. The molecule has 26 heavy (non-hydrogen) atoms. The van der Waals surface area contributed by atoms with Gasteiger partial charge in [-0.1, -0.05) is 25.8 Å².